The molecule has 11 nitrogen and oxygen atoms in total. The minimum atomic E-state index is -0.253. The van der Waals surface area contributed by atoms with Gasteiger partial charge in [-0.25, -0.2) is 9.97 Å². The fourth-order valence-electron chi connectivity index (χ4n) is 5.91. The minimum Gasteiger partial charge on any atom is -0.480 e. The molecule has 5 heterocycles. The number of rotatable bonds is 7. The first-order chi connectivity index (χ1) is 20.1. The molecule has 0 aliphatic carbocycles. The van der Waals surface area contributed by atoms with Crippen molar-refractivity contribution in [1.82, 2.24) is 39.7 Å². The topological polar surface area (TPSA) is 114 Å². The third-order valence-electron chi connectivity index (χ3n) is 8.01. The summed E-state index contributed by atoms with van der Waals surface area (Å²) in [7, 11) is 1.62. The van der Waals surface area contributed by atoms with Gasteiger partial charge in [0.05, 0.1) is 36.7 Å². The number of H-pyrrole nitrogens is 1. The third kappa shape index (κ3) is 5.14. The third-order valence-corrected chi connectivity index (χ3v) is 8.01. The van der Waals surface area contributed by atoms with Crippen LogP contribution in [0.1, 0.15) is 18.3 Å². The van der Waals surface area contributed by atoms with Crippen LogP contribution in [0.5, 0.6) is 5.88 Å². The van der Waals surface area contributed by atoms with Gasteiger partial charge in [0.15, 0.2) is 0 Å². The lowest BCUT2D eigenvalue weighted by Gasteiger charge is -2.41. The number of para-hydroxylation sites is 1. The molecule has 2 aromatic carbocycles. The zero-order chi connectivity index (χ0) is 27.8. The van der Waals surface area contributed by atoms with E-state index in [0.717, 1.165) is 71.7 Å². The number of imidazole rings is 1. The van der Waals surface area contributed by atoms with Crippen molar-refractivity contribution in [3.63, 3.8) is 0 Å². The van der Waals surface area contributed by atoms with Crippen LogP contribution in [0.2, 0.25) is 0 Å². The van der Waals surface area contributed by atoms with Crippen molar-refractivity contribution >= 4 is 27.8 Å². The molecule has 7 rings (SSSR count). The number of pyridine rings is 1. The zero-order valence-corrected chi connectivity index (χ0v) is 22.9. The van der Waals surface area contributed by atoms with E-state index in [1.807, 2.05) is 53.4 Å². The van der Waals surface area contributed by atoms with Gasteiger partial charge in [0.1, 0.15) is 29.4 Å². The first kappa shape index (κ1) is 25.6. The molecule has 2 aliphatic rings. The highest BCUT2D eigenvalue weighted by Crippen LogP contribution is 2.33. The van der Waals surface area contributed by atoms with Crippen LogP contribution in [0.4, 0.5) is 0 Å². The summed E-state index contributed by atoms with van der Waals surface area (Å²) in [6.45, 7) is 4.69. The Morgan fingerprint density at radius 2 is 1.85 bits per heavy atom. The number of hydrogen-bond acceptors (Lipinski definition) is 8. The van der Waals surface area contributed by atoms with Crippen molar-refractivity contribution in [3.8, 4) is 17.1 Å². The van der Waals surface area contributed by atoms with Crippen LogP contribution in [0.25, 0.3) is 33.2 Å². The Kier molecular flexibility index (Phi) is 6.81. The lowest BCUT2D eigenvalue weighted by Crippen LogP contribution is -2.52. The maximum atomic E-state index is 13.7. The van der Waals surface area contributed by atoms with Crippen molar-refractivity contribution in [2.75, 3.05) is 46.5 Å². The summed E-state index contributed by atoms with van der Waals surface area (Å²) in [5.41, 5.74) is 4.03. The summed E-state index contributed by atoms with van der Waals surface area (Å²) in [5, 5.41) is 10.0. The normalized spacial score (nSPS) is 19.8. The summed E-state index contributed by atoms with van der Waals surface area (Å²) < 4.78 is 11.3. The molecule has 41 heavy (non-hydrogen) atoms. The number of aromatic nitrogens is 6. The van der Waals surface area contributed by atoms with Crippen LogP contribution in [0.15, 0.2) is 60.8 Å². The molecule has 0 radical (unpaired) electrons. The number of amides is 1. The molecule has 0 spiro atoms. The van der Waals surface area contributed by atoms with Crippen LogP contribution in [0, 0.1) is 5.92 Å². The Balaban J connectivity index is 1.18. The summed E-state index contributed by atoms with van der Waals surface area (Å²) in [4.78, 5) is 32.5. The second-order valence-corrected chi connectivity index (χ2v) is 10.7. The SMILES string of the molecule is COc1nc2ccccc2cc1-c1cnc(C2CN(CC3CCOC3)CCN2C(=O)Cn2nc3ccccc3n2)[nH]1. The maximum absolute atomic E-state index is 13.7. The lowest BCUT2D eigenvalue weighted by atomic mass is 10.1. The second kappa shape index (κ2) is 10.9. The number of benzene rings is 2. The number of carbonyl (C=O) groups is 1. The minimum absolute atomic E-state index is 0.0398. The highest BCUT2D eigenvalue weighted by Gasteiger charge is 2.35. The van der Waals surface area contributed by atoms with E-state index < -0.39 is 0 Å². The van der Waals surface area contributed by atoms with Gasteiger partial charge in [-0.05, 0) is 36.6 Å². The standard InChI is InChI=1S/C30H32N8O3/c1-40-30-22(14-21-6-2-3-7-23(21)33-30)26-15-31-29(32-26)27-17-36(16-20-10-13-41-19-20)11-12-37(27)28(39)18-38-34-24-8-4-5-9-25(24)35-38/h2-9,14-15,20,27H,10-13,16-19H2,1H3,(H,31,32). The quantitative estimate of drug-likeness (QED) is 0.327. The Hall–Kier alpha value is -4.35. The van der Waals surface area contributed by atoms with Gasteiger partial charge in [0.2, 0.25) is 11.8 Å². The molecule has 0 saturated carbocycles. The van der Waals surface area contributed by atoms with Crippen LogP contribution in [0.3, 0.4) is 0 Å². The van der Waals surface area contributed by atoms with E-state index in [1.165, 1.54) is 4.80 Å². The molecule has 2 saturated heterocycles. The second-order valence-electron chi connectivity index (χ2n) is 10.7. The first-order valence-corrected chi connectivity index (χ1v) is 14.0. The molecular formula is C30H32N8O3. The number of nitrogens with one attached hydrogen (secondary N) is 1. The number of nitrogens with zero attached hydrogens (tertiary/aromatic N) is 7. The molecule has 1 N–H and O–H groups in total. The fourth-order valence-corrected chi connectivity index (χ4v) is 5.91. The van der Waals surface area contributed by atoms with Crippen LogP contribution in [-0.4, -0.2) is 92.2 Å². The van der Waals surface area contributed by atoms with Crippen molar-refractivity contribution < 1.29 is 14.3 Å². The van der Waals surface area contributed by atoms with E-state index >= 15 is 0 Å². The molecule has 2 fully saturated rings. The summed E-state index contributed by atoms with van der Waals surface area (Å²) >= 11 is 0. The van der Waals surface area contributed by atoms with Gasteiger partial charge >= 0.3 is 0 Å². The van der Waals surface area contributed by atoms with E-state index in [2.05, 4.69) is 26.1 Å². The van der Waals surface area contributed by atoms with E-state index in [-0.39, 0.29) is 18.5 Å². The van der Waals surface area contributed by atoms with Gasteiger partial charge in [-0.1, -0.05) is 30.3 Å². The first-order valence-electron chi connectivity index (χ1n) is 14.0. The molecule has 3 aromatic heterocycles. The zero-order valence-electron chi connectivity index (χ0n) is 22.9. The Morgan fingerprint density at radius 1 is 1.07 bits per heavy atom. The molecule has 1 amide bonds. The predicted octanol–water partition coefficient (Wildman–Crippen LogP) is 3.30. The van der Waals surface area contributed by atoms with Gasteiger partial charge in [-0.2, -0.15) is 15.0 Å². The molecule has 2 atom stereocenters. The van der Waals surface area contributed by atoms with Gasteiger partial charge in [0, 0.05) is 38.2 Å². The number of methoxy groups -OCH3 is 1. The van der Waals surface area contributed by atoms with Crippen molar-refractivity contribution in [3.05, 3.63) is 66.6 Å². The lowest BCUT2D eigenvalue weighted by molar-refractivity contribution is -0.137. The predicted molar refractivity (Wildman–Crippen MR) is 153 cm³/mol. The molecule has 0 bridgehead atoms. The van der Waals surface area contributed by atoms with E-state index in [0.29, 0.717) is 24.9 Å². The van der Waals surface area contributed by atoms with Crippen molar-refractivity contribution in [2.45, 2.75) is 19.0 Å². The number of fused-ring (bicyclic) bond motifs is 2. The van der Waals surface area contributed by atoms with Gasteiger partial charge in [-0.3, -0.25) is 9.69 Å². The van der Waals surface area contributed by atoms with Crippen molar-refractivity contribution in [1.29, 1.82) is 0 Å². The van der Waals surface area contributed by atoms with Crippen molar-refractivity contribution in [2.24, 2.45) is 5.92 Å². The number of ether oxygens (including phenoxy) is 2. The Labute approximate surface area is 237 Å². The monoisotopic (exact) mass is 552 g/mol. The Morgan fingerprint density at radius 3 is 2.61 bits per heavy atom. The summed E-state index contributed by atoms with van der Waals surface area (Å²) in [5.74, 6) is 1.73. The Bertz CT molecular complexity index is 1660. The van der Waals surface area contributed by atoms with Crippen LogP contribution in [-0.2, 0) is 16.1 Å². The van der Waals surface area contributed by atoms with Crippen LogP contribution < -0.4 is 4.74 Å². The molecule has 2 aliphatic heterocycles. The number of aromatic amines is 1. The maximum Gasteiger partial charge on any atom is 0.246 e. The smallest absolute Gasteiger partial charge is 0.246 e. The molecular weight excluding hydrogens is 520 g/mol. The molecule has 210 valence electrons. The van der Waals surface area contributed by atoms with E-state index in [9.17, 15) is 4.79 Å². The molecule has 2 unspecified atom stereocenters. The number of carbonyl (C=O) groups excluding carboxylic acids is 1. The average Bonchev–Trinajstić information content (AvgIpc) is 3.77. The van der Waals surface area contributed by atoms with Gasteiger partial charge in [0.25, 0.3) is 0 Å². The fraction of sp³-hybridized carbons (Fsp3) is 0.367. The highest BCUT2D eigenvalue weighted by molar-refractivity contribution is 5.85. The summed E-state index contributed by atoms with van der Waals surface area (Å²) in [6, 6.07) is 17.4. The summed E-state index contributed by atoms with van der Waals surface area (Å²) in [6.07, 6.45) is 2.87. The number of hydrogen-bond donors (Lipinski definition) is 1. The van der Waals surface area contributed by atoms with E-state index in [4.69, 9.17) is 19.4 Å². The van der Waals surface area contributed by atoms with Crippen LogP contribution >= 0.6 is 0 Å². The molecule has 5 aromatic rings. The number of piperazine rings is 1. The highest BCUT2D eigenvalue weighted by atomic mass is 16.5. The largest absolute Gasteiger partial charge is 0.480 e. The van der Waals surface area contributed by atoms with Gasteiger partial charge < -0.3 is 19.4 Å². The van der Waals surface area contributed by atoms with E-state index in [1.54, 1.807) is 13.3 Å². The average molecular weight is 553 g/mol. The molecule has 11 heteroatoms. The van der Waals surface area contributed by atoms with Gasteiger partial charge in [-0.15, -0.1) is 0 Å².